The van der Waals surface area contributed by atoms with Gasteiger partial charge in [-0.1, -0.05) is 27.7 Å². The van der Waals surface area contributed by atoms with E-state index in [4.69, 9.17) is 5.73 Å². The zero-order chi connectivity index (χ0) is 14.6. The van der Waals surface area contributed by atoms with Gasteiger partial charge in [-0.2, -0.15) is 0 Å². The summed E-state index contributed by atoms with van der Waals surface area (Å²) >= 11 is 0. The Morgan fingerprint density at radius 2 is 2.11 bits per heavy atom. The average Bonchev–Trinajstić information content (AvgIpc) is 2.26. The molecule has 106 valence electrons. The Labute approximate surface area is 116 Å². The van der Waals surface area contributed by atoms with Crippen LogP contribution in [0.5, 0.6) is 0 Å². The van der Waals surface area contributed by atoms with Crippen LogP contribution in [0, 0.1) is 11.3 Å². The molecule has 0 aliphatic heterocycles. The van der Waals surface area contributed by atoms with Crippen molar-refractivity contribution in [2.75, 3.05) is 17.7 Å². The maximum absolute atomic E-state index is 12.2. The Morgan fingerprint density at radius 3 is 2.63 bits per heavy atom. The molecule has 4 nitrogen and oxygen atoms in total. The smallest absolute Gasteiger partial charge is 0.227 e. The highest BCUT2D eigenvalue weighted by Gasteiger charge is 2.20. The predicted molar refractivity (Wildman–Crippen MR) is 79.9 cm³/mol. The van der Waals surface area contributed by atoms with Crippen LogP contribution in [0.4, 0.5) is 11.4 Å². The van der Waals surface area contributed by atoms with Crippen LogP contribution in [0.1, 0.15) is 40.5 Å². The first kappa shape index (κ1) is 15.5. The summed E-state index contributed by atoms with van der Waals surface area (Å²) in [5.74, 6) is 0.452. The van der Waals surface area contributed by atoms with Gasteiger partial charge in [-0.05, 0) is 23.8 Å². The highest BCUT2D eigenvalue weighted by molar-refractivity contribution is 5.95. The van der Waals surface area contributed by atoms with Crippen LogP contribution in [0.25, 0.3) is 0 Å². The van der Waals surface area contributed by atoms with E-state index in [9.17, 15) is 4.79 Å². The standard InChI is InChI=1S/C15H25N3O/c1-11(9-15(2,3)4)8-14(19)18(5)13-6-7-17-10-12(13)16/h6-7,10-11H,8-9,16H2,1-5H3. The Hall–Kier alpha value is -1.58. The number of nitrogen functional groups attached to an aromatic ring is 1. The van der Waals surface area contributed by atoms with Crippen LogP contribution in [-0.4, -0.2) is 17.9 Å². The van der Waals surface area contributed by atoms with Crippen molar-refractivity contribution in [3.8, 4) is 0 Å². The highest BCUT2D eigenvalue weighted by atomic mass is 16.2. The Bertz CT molecular complexity index is 437. The molecule has 4 heteroatoms. The third kappa shape index (κ3) is 4.89. The van der Waals surface area contributed by atoms with Crippen molar-refractivity contribution in [3.05, 3.63) is 18.5 Å². The van der Waals surface area contributed by atoms with Gasteiger partial charge in [0.15, 0.2) is 0 Å². The Kier molecular flexibility index (Phi) is 4.92. The molecule has 0 bridgehead atoms. The maximum atomic E-state index is 12.2. The second-order valence-electron chi connectivity index (χ2n) is 6.46. The summed E-state index contributed by atoms with van der Waals surface area (Å²) in [5, 5.41) is 0. The molecule has 0 spiro atoms. The van der Waals surface area contributed by atoms with Crippen LogP contribution in [0.15, 0.2) is 18.5 Å². The fraction of sp³-hybridized carbons (Fsp3) is 0.600. The lowest BCUT2D eigenvalue weighted by atomic mass is 9.84. The van der Waals surface area contributed by atoms with Crippen LogP contribution >= 0.6 is 0 Å². The van der Waals surface area contributed by atoms with Crippen LogP contribution in [-0.2, 0) is 4.79 Å². The van der Waals surface area contributed by atoms with Gasteiger partial charge in [-0.3, -0.25) is 9.78 Å². The predicted octanol–water partition coefficient (Wildman–Crippen LogP) is 3.09. The lowest BCUT2D eigenvalue weighted by molar-refractivity contribution is -0.119. The van der Waals surface area contributed by atoms with Gasteiger partial charge in [0, 0.05) is 19.7 Å². The molecule has 1 amide bonds. The summed E-state index contributed by atoms with van der Waals surface area (Å²) in [6, 6.07) is 1.77. The van der Waals surface area contributed by atoms with E-state index in [-0.39, 0.29) is 11.3 Å². The van der Waals surface area contributed by atoms with E-state index in [1.54, 1.807) is 30.4 Å². The first-order valence-electron chi connectivity index (χ1n) is 6.67. The van der Waals surface area contributed by atoms with Crippen molar-refractivity contribution in [1.82, 2.24) is 4.98 Å². The van der Waals surface area contributed by atoms with E-state index in [0.717, 1.165) is 12.1 Å². The quantitative estimate of drug-likeness (QED) is 0.908. The number of hydrogen-bond donors (Lipinski definition) is 1. The summed E-state index contributed by atoms with van der Waals surface area (Å²) in [5.41, 5.74) is 7.33. The van der Waals surface area contributed by atoms with E-state index in [1.807, 2.05) is 0 Å². The number of aromatic nitrogens is 1. The SMILES string of the molecule is CC(CC(=O)N(C)c1ccncc1N)CC(C)(C)C. The van der Waals surface area contributed by atoms with Gasteiger partial charge < -0.3 is 10.6 Å². The number of pyridine rings is 1. The highest BCUT2D eigenvalue weighted by Crippen LogP contribution is 2.27. The molecule has 19 heavy (non-hydrogen) atoms. The van der Waals surface area contributed by atoms with Crippen molar-refractivity contribution < 1.29 is 4.79 Å². The molecule has 1 aromatic rings. The molecular weight excluding hydrogens is 238 g/mol. The number of hydrogen-bond acceptors (Lipinski definition) is 3. The molecule has 0 fully saturated rings. The molecule has 1 heterocycles. The van der Waals surface area contributed by atoms with Crippen LogP contribution in [0.2, 0.25) is 0 Å². The summed E-state index contributed by atoms with van der Waals surface area (Å²) in [6.07, 6.45) is 4.78. The zero-order valence-corrected chi connectivity index (χ0v) is 12.6. The van der Waals surface area contributed by atoms with Gasteiger partial charge >= 0.3 is 0 Å². The minimum atomic E-state index is 0.0923. The largest absolute Gasteiger partial charge is 0.396 e. The van der Waals surface area contributed by atoms with Gasteiger partial charge in [0.1, 0.15) is 0 Å². The van der Waals surface area contributed by atoms with E-state index >= 15 is 0 Å². The normalized spacial score (nSPS) is 13.1. The number of carbonyl (C=O) groups excluding carboxylic acids is 1. The van der Waals surface area contributed by atoms with Crippen molar-refractivity contribution >= 4 is 17.3 Å². The summed E-state index contributed by atoms with van der Waals surface area (Å²) in [7, 11) is 1.76. The van der Waals surface area contributed by atoms with Gasteiger partial charge in [0.2, 0.25) is 5.91 Å². The fourth-order valence-electron chi connectivity index (χ4n) is 2.39. The monoisotopic (exact) mass is 263 g/mol. The third-order valence-corrected chi connectivity index (χ3v) is 3.05. The summed E-state index contributed by atoms with van der Waals surface area (Å²) in [6.45, 7) is 8.70. The lowest BCUT2D eigenvalue weighted by Gasteiger charge is -2.25. The Balaban J connectivity index is 2.66. The number of nitrogens with zero attached hydrogens (tertiary/aromatic N) is 2. The van der Waals surface area contributed by atoms with Crippen molar-refractivity contribution in [1.29, 1.82) is 0 Å². The first-order chi connectivity index (χ1) is 8.70. The van der Waals surface area contributed by atoms with Gasteiger partial charge in [-0.15, -0.1) is 0 Å². The molecule has 1 atom stereocenters. The van der Waals surface area contributed by atoms with Crippen molar-refractivity contribution in [2.45, 2.75) is 40.5 Å². The average molecular weight is 263 g/mol. The van der Waals surface area contributed by atoms with Crippen LogP contribution < -0.4 is 10.6 Å². The minimum Gasteiger partial charge on any atom is -0.396 e. The fourth-order valence-corrected chi connectivity index (χ4v) is 2.39. The van der Waals surface area contributed by atoms with Crippen molar-refractivity contribution in [2.24, 2.45) is 11.3 Å². The second-order valence-corrected chi connectivity index (χ2v) is 6.46. The van der Waals surface area contributed by atoms with Gasteiger partial charge in [0.25, 0.3) is 0 Å². The molecule has 1 aromatic heterocycles. The first-order valence-corrected chi connectivity index (χ1v) is 6.67. The van der Waals surface area contributed by atoms with Gasteiger partial charge in [-0.25, -0.2) is 0 Å². The molecule has 0 radical (unpaired) electrons. The molecule has 0 saturated carbocycles. The summed E-state index contributed by atoms with van der Waals surface area (Å²) in [4.78, 5) is 17.8. The molecule has 0 aromatic carbocycles. The number of anilines is 2. The van der Waals surface area contributed by atoms with E-state index < -0.39 is 0 Å². The minimum absolute atomic E-state index is 0.0923. The van der Waals surface area contributed by atoms with Crippen LogP contribution in [0.3, 0.4) is 0 Å². The summed E-state index contributed by atoms with van der Waals surface area (Å²) < 4.78 is 0. The van der Waals surface area contributed by atoms with E-state index in [2.05, 4.69) is 32.7 Å². The third-order valence-electron chi connectivity index (χ3n) is 3.05. The lowest BCUT2D eigenvalue weighted by Crippen LogP contribution is -2.29. The number of carbonyl (C=O) groups is 1. The zero-order valence-electron chi connectivity index (χ0n) is 12.6. The van der Waals surface area contributed by atoms with Gasteiger partial charge in [0.05, 0.1) is 17.6 Å². The molecule has 2 N–H and O–H groups in total. The molecular formula is C15H25N3O. The maximum Gasteiger partial charge on any atom is 0.227 e. The molecule has 1 unspecified atom stereocenters. The molecule has 0 aliphatic rings. The molecule has 0 saturated heterocycles. The van der Waals surface area contributed by atoms with E-state index in [0.29, 0.717) is 18.0 Å². The van der Waals surface area contributed by atoms with Crippen molar-refractivity contribution in [3.63, 3.8) is 0 Å². The number of nitrogens with two attached hydrogens (primary N) is 1. The topological polar surface area (TPSA) is 59.2 Å². The molecule has 1 rings (SSSR count). The second kappa shape index (κ2) is 6.04. The van der Waals surface area contributed by atoms with E-state index in [1.165, 1.54) is 0 Å². The Morgan fingerprint density at radius 1 is 1.47 bits per heavy atom. The number of amides is 1. The number of rotatable bonds is 4. The molecule has 0 aliphatic carbocycles.